The summed E-state index contributed by atoms with van der Waals surface area (Å²) in [4.78, 5) is 10.9. The monoisotopic (exact) mass is 343 g/mol. The van der Waals surface area contributed by atoms with Crippen LogP contribution in [0.25, 0.3) is 0 Å². The van der Waals surface area contributed by atoms with Crippen molar-refractivity contribution in [2.45, 2.75) is 30.9 Å². The van der Waals surface area contributed by atoms with Crippen LogP contribution in [0.1, 0.15) is 17.2 Å². The summed E-state index contributed by atoms with van der Waals surface area (Å²) in [6.07, 6.45) is -12.8. The maximum Gasteiger partial charge on any atom is 0.471 e. The highest BCUT2D eigenvalue weighted by molar-refractivity contribution is 5.82. The molecule has 0 saturated carbocycles. The van der Waals surface area contributed by atoms with E-state index in [1.54, 1.807) is 5.32 Å². The quantitative estimate of drug-likeness (QED) is 0.810. The molecule has 1 aliphatic heterocycles. The van der Waals surface area contributed by atoms with Gasteiger partial charge in [-0.25, -0.2) is 0 Å². The number of carbonyl (C=O) groups is 1. The van der Waals surface area contributed by atoms with Gasteiger partial charge in [0.15, 0.2) is 6.10 Å². The molecule has 23 heavy (non-hydrogen) atoms. The van der Waals surface area contributed by atoms with E-state index in [4.69, 9.17) is 4.74 Å². The van der Waals surface area contributed by atoms with Crippen molar-refractivity contribution in [2.24, 2.45) is 0 Å². The van der Waals surface area contributed by atoms with Crippen molar-refractivity contribution < 1.29 is 41.0 Å². The van der Waals surface area contributed by atoms with Crippen LogP contribution in [-0.2, 0) is 11.2 Å². The Labute approximate surface area is 126 Å². The molecule has 2 N–H and O–H groups in total. The first kappa shape index (κ1) is 17.4. The number of fused-ring (bicyclic) bond motifs is 1. The van der Waals surface area contributed by atoms with E-state index in [-0.39, 0.29) is 24.3 Å². The number of hydrogen-bond acceptors (Lipinski definition) is 3. The van der Waals surface area contributed by atoms with Crippen LogP contribution < -0.4 is 10.1 Å². The van der Waals surface area contributed by atoms with Gasteiger partial charge in [0.25, 0.3) is 0 Å². The summed E-state index contributed by atoms with van der Waals surface area (Å²) in [6, 6.07) is 2.18. The van der Waals surface area contributed by atoms with Gasteiger partial charge in [-0.2, -0.15) is 26.3 Å². The van der Waals surface area contributed by atoms with E-state index in [2.05, 4.69) is 0 Å². The van der Waals surface area contributed by atoms with Gasteiger partial charge < -0.3 is 15.2 Å². The summed E-state index contributed by atoms with van der Waals surface area (Å²) in [5, 5.41) is 10.9. The second-order valence-electron chi connectivity index (χ2n) is 4.99. The number of nitrogens with one attached hydrogen (secondary N) is 1. The standard InChI is InChI=1S/C13H11F6NO3/c14-12(15,16)10(21)6-1-2-9-7(3-6)4-8(5-23-9)20-11(22)13(17,18)19/h1-3,8,10,21H,4-5H2,(H,20,22)/t8-,10?/m1/s1. The van der Waals surface area contributed by atoms with Gasteiger partial charge in [-0.05, 0) is 29.7 Å². The first-order valence-corrected chi connectivity index (χ1v) is 6.36. The fraction of sp³-hybridized carbons (Fsp3) is 0.462. The minimum atomic E-state index is -5.06. The van der Waals surface area contributed by atoms with Gasteiger partial charge in [0, 0.05) is 0 Å². The molecule has 1 aromatic carbocycles. The van der Waals surface area contributed by atoms with E-state index in [0.717, 1.165) is 12.1 Å². The van der Waals surface area contributed by atoms with Gasteiger partial charge in [-0.1, -0.05) is 6.07 Å². The minimum Gasteiger partial charge on any atom is -0.491 e. The summed E-state index contributed by atoms with van der Waals surface area (Å²) < 4.78 is 79.1. The van der Waals surface area contributed by atoms with E-state index in [0.29, 0.717) is 0 Å². The summed E-state index contributed by atoms with van der Waals surface area (Å²) >= 11 is 0. The number of ether oxygens (including phenoxy) is 1. The van der Waals surface area contributed by atoms with Crippen molar-refractivity contribution in [3.63, 3.8) is 0 Å². The highest BCUT2D eigenvalue weighted by Gasteiger charge is 2.41. The number of benzene rings is 1. The van der Waals surface area contributed by atoms with Crippen LogP contribution in [0.5, 0.6) is 5.75 Å². The highest BCUT2D eigenvalue weighted by Crippen LogP contribution is 2.35. The molecule has 2 atom stereocenters. The maximum absolute atomic E-state index is 12.5. The first-order valence-electron chi connectivity index (χ1n) is 6.36. The average Bonchev–Trinajstić information content (AvgIpc) is 2.43. The molecule has 4 nitrogen and oxygen atoms in total. The molecule has 0 aliphatic carbocycles. The van der Waals surface area contributed by atoms with E-state index in [9.17, 15) is 36.2 Å². The lowest BCUT2D eigenvalue weighted by Gasteiger charge is -2.27. The zero-order chi connectivity index (χ0) is 17.4. The Balaban J connectivity index is 2.15. The van der Waals surface area contributed by atoms with Gasteiger partial charge in [-0.3, -0.25) is 4.79 Å². The highest BCUT2D eigenvalue weighted by atomic mass is 19.4. The summed E-state index contributed by atoms with van der Waals surface area (Å²) in [5.41, 5.74) is -0.285. The van der Waals surface area contributed by atoms with Crippen molar-refractivity contribution >= 4 is 5.91 Å². The predicted molar refractivity (Wildman–Crippen MR) is 64.6 cm³/mol. The number of alkyl halides is 6. The van der Waals surface area contributed by atoms with Crippen LogP contribution in [0.2, 0.25) is 0 Å². The molecular formula is C13H11F6NO3. The van der Waals surface area contributed by atoms with Crippen molar-refractivity contribution in [1.29, 1.82) is 0 Å². The average molecular weight is 343 g/mol. The van der Waals surface area contributed by atoms with E-state index in [1.165, 1.54) is 6.07 Å². The van der Waals surface area contributed by atoms with Crippen LogP contribution in [-0.4, -0.2) is 36.0 Å². The maximum atomic E-state index is 12.5. The zero-order valence-corrected chi connectivity index (χ0v) is 11.3. The zero-order valence-electron chi connectivity index (χ0n) is 11.3. The smallest absolute Gasteiger partial charge is 0.471 e. The van der Waals surface area contributed by atoms with Crippen molar-refractivity contribution in [3.8, 4) is 5.75 Å². The van der Waals surface area contributed by atoms with Crippen molar-refractivity contribution in [2.75, 3.05) is 6.61 Å². The number of amides is 1. The molecule has 1 amide bonds. The Kier molecular flexibility index (Phi) is 4.47. The molecule has 0 fully saturated rings. The molecule has 10 heteroatoms. The predicted octanol–water partition coefficient (Wildman–Crippen LogP) is 2.26. The van der Waals surface area contributed by atoms with Gasteiger partial charge in [0.1, 0.15) is 12.4 Å². The molecule has 1 aliphatic rings. The van der Waals surface area contributed by atoms with Gasteiger partial charge >= 0.3 is 18.3 Å². The fourth-order valence-electron chi connectivity index (χ4n) is 2.13. The summed E-state index contributed by atoms with van der Waals surface area (Å²) in [7, 11) is 0. The lowest BCUT2D eigenvalue weighted by molar-refractivity contribution is -0.206. The van der Waals surface area contributed by atoms with Gasteiger partial charge in [0.05, 0.1) is 6.04 Å². The van der Waals surface area contributed by atoms with Crippen LogP contribution in [0.3, 0.4) is 0 Å². The van der Waals surface area contributed by atoms with Crippen LogP contribution in [0, 0.1) is 0 Å². The topological polar surface area (TPSA) is 58.6 Å². The van der Waals surface area contributed by atoms with E-state index < -0.39 is 36.0 Å². The third-order valence-corrected chi connectivity index (χ3v) is 3.21. The Morgan fingerprint density at radius 2 is 1.91 bits per heavy atom. The lowest BCUT2D eigenvalue weighted by atomic mass is 9.98. The molecule has 128 valence electrons. The molecule has 0 bridgehead atoms. The molecule has 0 saturated heterocycles. The Bertz CT molecular complexity index is 598. The molecule has 1 aromatic rings. The minimum absolute atomic E-state index is 0.143. The number of aliphatic hydroxyl groups excluding tert-OH is 1. The van der Waals surface area contributed by atoms with Crippen LogP contribution in [0.4, 0.5) is 26.3 Å². The number of carbonyl (C=O) groups excluding carboxylic acids is 1. The SMILES string of the molecule is O=C(N[C@H]1COc2ccc(C(O)C(F)(F)F)cc2C1)C(F)(F)F. The number of hydrogen-bond donors (Lipinski definition) is 2. The molecule has 1 unspecified atom stereocenters. The van der Waals surface area contributed by atoms with Crippen LogP contribution >= 0.6 is 0 Å². The number of rotatable bonds is 2. The summed E-state index contributed by atoms with van der Waals surface area (Å²) in [5.74, 6) is -1.96. The Hall–Kier alpha value is -1.97. The third-order valence-electron chi connectivity index (χ3n) is 3.21. The molecule has 0 spiro atoms. The van der Waals surface area contributed by atoms with Crippen molar-refractivity contribution in [1.82, 2.24) is 5.32 Å². The molecule has 0 aromatic heterocycles. The van der Waals surface area contributed by atoms with E-state index >= 15 is 0 Å². The first-order chi connectivity index (χ1) is 10.5. The van der Waals surface area contributed by atoms with Crippen LogP contribution in [0.15, 0.2) is 18.2 Å². The molecular weight excluding hydrogens is 332 g/mol. The third kappa shape index (κ3) is 4.06. The lowest BCUT2D eigenvalue weighted by Crippen LogP contribution is -2.48. The second-order valence-corrected chi connectivity index (χ2v) is 4.99. The largest absolute Gasteiger partial charge is 0.491 e. The molecule has 2 rings (SSSR count). The Morgan fingerprint density at radius 3 is 2.48 bits per heavy atom. The van der Waals surface area contributed by atoms with Gasteiger partial charge in [0.2, 0.25) is 0 Å². The van der Waals surface area contributed by atoms with E-state index in [1.807, 2.05) is 0 Å². The normalized spacial score (nSPS) is 19.5. The van der Waals surface area contributed by atoms with Gasteiger partial charge in [-0.15, -0.1) is 0 Å². The molecule has 1 heterocycles. The Morgan fingerprint density at radius 1 is 1.26 bits per heavy atom. The molecule has 0 radical (unpaired) electrons. The number of halogens is 6. The second kappa shape index (κ2) is 5.91. The summed E-state index contributed by atoms with van der Waals surface area (Å²) in [6.45, 7) is -0.240. The fourth-order valence-corrected chi connectivity index (χ4v) is 2.13. The number of aliphatic hydroxyl groups is 1. The van der Waals surface area contributed by atoms with Crippen molar-refractivity contribution in [3.05, 3.63) is 29.3 Å².